The molecule has 0 rings (SSSR count). The summed E-state index contributed by atoms with van der Waals surface area (Å²) in [5.41, 5.74) is 0. The molecule has 3 atom stereocenters. The average Bonchev–Trinajstić information content (AvgIpc) is 3.38. The fourth-order valence-electron chi connectivity index (χ4n) is 8.91. The lowest BCUT2D eigenvalue weighted by molar-refractivity contribution is -0.870. The molecule has 442 valence electrons. The number of nitrogens with one attached hydrogen (secondary N) is 1. The number of ether oxygens (including phenoxy) is 1. The maximum atomic E-state index is 13.5. The van der Waals surface area contributed by atoms with Gasteiger partial charge in [0.05, 0.1) is 33.8 Å². The summed E-state index contributed by atoms with van der Waals surface area (Å²) >= 11 is 0. The first-order valence-corrected chi connectivity index (χ1v) is 33.2. The predicted octanol–water partition coefficient (Wildman–Crippen LogP) is 19.0. The minimum atomic E-state index is -4.71. The molecule has 76 heavy (non-hydrogen) atoms. The van der Waals surface area contributed by atoms with Gasteiger partial charge in [-0.25, -0.2) is 0 Å². The van der Waals surface area contributed by atoms with Crippen molar-refractivity contribution in [3.05, 3.63) is 72.9 Å². The first kappa shape index (κ1) is 73.5. The van der Waals surface area contributed by atoms with Crippen LogP contribution in [0.25, 0.3) is 0 Å². The lowest BCUT2D eigenvalue weighted by Gasteiger charge is -2.30. The molecule has 0 aliphatic carbocycles. The Morgan fingerprint density at radius 1 is 0.461 bits per heavy atom. The molecule has 3 unspecified atom stereocenters. The number of quaternary nitrogens is 1. The maximum absolute atomic E-state index is 13.5. The second kappa shape index (κ2) is 55.8. The van der Waals surface area contributed by atoms with E-state index in [4.69, 9.17) is 13.8 Å². The van der Waals surface area contributed by atoms with E-state index in [2.05, 4.69) is 86.8 Å². The predicted molar refractivity (Wildman–Crippen MR) is 325 cm³/mol. The number of phosphoric ester groups is 1. The fraction of sp³-hybridized carbons (Fsp3) is 0.788. The zero-order valence-corrected chi connectivity index (χ0v) is 51.3. The summed E-state index contributed by atoms with van der Waals surface area (Å²) in [5, 5.41) is 3.01. The van der Waals surface area contributed by atoms with Gasteiger partial charge in [0.1, 0.15) is 19.3 Å². The van der Waals surface area contributed by atoms with E-state index in [9.17, 15) is 19.0 Å². The molecule has 9 nitrogen and oxygen atoms in total. The number of unbranched alkanes of at least 4 members (excludes halogenated alkanes) is 31. The van der Waals surface area contributed by atoms with Gasteiger partial charge in [0, 0.05) is 12.8 Å². The Kier molecular flexibility index (Phi) is 53.9. The number of allylic oxidation sites excluding steroid dienone is 11. The van der Waals surface area contributed by atoms with Gasteiger partial charge in [0.25, 0.3) is 7.82 Å². The average molecular weight is 1090 g/mol. The smallest absolute Gasteiger partial charge is 0.306 e. The van der Waals surface area contributed by atoms with Gasteiger partial charge in [-0.15, -0.1) is 0 Å². The number of rotatable bonds is 57. The topological polar surface area (TPSA) is 114 Å². The molecule has 0 aromatic heterocycles. The van der Waals surface area contributed by atoms with E-state index >= 15 is 0 Å². The quantitative estimate of drug-likeness (QED) is 0.0212. The van der Waals surface area contributed by atoms with Gasteiger partial charge in [-0.05, 0) is 102 Å². The molecule has 0 aliphatic heterocycles. The van der Waals surface area contributed by atoms with Crippen LogP contribution in [0.15, 0.2) is 72.9 Å². The van der Waals surface area contributed by atoms with Crippen molar-refractivity contribution in [2.75, 3.05) is 40.9 Å². The van der Waals surface area contributed by atoms with Gasteiger partial charge in [-0.3, -0.25) is 14.2 Å². The number of carbonyl (C=O) groups excluding carboxylic acids is 2. The molecular formula is C66H121N2O7P. The molecule has 0 aromatic rings. The summed E-state index contributed by atoms with van der Waals surface area (Å²) in [6.07, 6.45) is 71.5. The third-order valence-electron chi connectivity index (χ3n) is 13.9. The number of phosphoric acid groups is 1. The lowest BCUT2D eigenvalue weighted by atomic mass is 10.0. The number of hydrogen-bond donors (Lipinski definition) is 1. The van der Waals surface area contributed by atoms with Crippen molar-refractivity contribution in [1.82, 2.24) is 5.32 Å². The number of amides is 1. The molecule has 0 radical (unpaired) electrons. The minimum absolute atomic E-state index is 0.0310. The minimum Gasteiger partial charge on any atom is -0.756 e. The normalized spacial score (nSPS) is 14.1. The van der Waals surface area contributed by atoms with E-state index in [1.807, 2.05) is 33.3 Å². The Hall–Kier alpha value is -2.55. The zero-order chi connectivity index (χ0) is 55.7. The van der Waals surface area contributed by atoms with E-state index in [-0.39, 0.29) is 31.3 Å². The van der Waals surface area contributed by atoms with E-state index in [1.165, 1.54) is 167 Å². The van der Waals surface area contributed by atoms with Crippen molar-refractivity contribution < 1.29 is 37.3 Å². The van der Waals surface area contributed by atoms with Crippen LogP contribution < -0.4 is 10.2 Å². The van der Waals surface area contributed by atoms with Crippen LogP contribution in [0.1, 0.15) is 284 Å². The van der Waals surface area contributed by atoms with E-state index < -0.39 is 26.6 Å². The van der Waals surface area contributed by atoms with Crippen LogP contribution in [-0.2, 0) is 27.9 Å². The molecule has 0 aromatic carbocycles. The van der Waals surface area contributed by atoms with Crippen LogP contribution in [0.2, 0.25) is 0 Å². The summed E-state index contributed by atoms with van der Waals surface area (Å²) in [6.45, 7) is 6.79. The maximum Gasteiger partial charge on any atom is 0.306 e. The van der Waals surface area contributed by atoms with Gasteiger partial charge in [-0.1, -0.05) is 242 Å². The highest BCUT2D eigenvalue weighted by Gasteiger charge is 2.27. The lowest BCUT2D eigenvalue weighted by Crippen LogP contribution is -2.47. The highest BCUT2D eigenvalue weighted by Crippen LogP contribution is 2.38. The van der Waals surface area contributed by atoms with Crippen molar-refractivity contribution in [1.29, 1.82) is 0 Å². The Bertz CT molecular complexity index is 1530. The van der Waals surface area contributed by atoms with Crippen molar-refractivity contribution >= 4 is 19.7 Å². The van der Waals surface area contributed by atoms with Gasteiger partial charge in [0.15, 0.2) is 0 Å². The summed E-state index contributed by atoms with van der Waals surface area (Å²) in [4.78, 5) is 40.0. The van der Waals surface area contributed by atoms with E-state index in [1.54, 1.807) is 0 Å². The van der Waals surface area contributed by atoms with Crippen molar-refractivity contribution in [3.8, 4) is 0 Å². The second-order valence-corrected chi connectivity index (χ2v) is 24.0. The first-order valence-electron chi connectivity index (χ1n) is 31.7. The number of esters is 1. The summed E-state index contributed by atoms with van der Waals surface area (Å²) < 4.78 is 30.3. The molecular weight excluding hydrogens is 964 g/mol. The number of carbonyl (C=O) groups is 2. The molecule has 0 saturated heterocycles. The van der Waals surface area contributed by atoms with Crippen molar-refractivity contribution in [3.63, 3.8) is 0 Å². The monoisotopic (exact) mass is 1080 g/mol. The molecule has 10 heteroatoms. The van der Waals surface area contributed by atoms with Crippen LogP contribution >= 0.6 is 7.82 Å². The number of nitrogens with zero attached hydrogens (tertiary/aromatic N) is 1. The first-order chi connectivity index (χ1) is 36.9. The largest absolute Gasteiger partial charge is 0.756 e. The summed E-state index contributed by atoms with van der Waals surface area (Å²) in [5.74, 6) is -0.576. The van der Waals surface area contributed by atoms with Crippen LogP contribution in [0, 0.1) is 0 Å². The Morgan fingerprint density at radius 2 is 0.803 bits per heavy atom. The van der Waals surface area contributed by atoms with Crippen molar-refractivity contribution in [2.45, 2.75) is 296 Å². The molecule has 0 aliphatic rings. The molecule has 0 bridgehead atoms. The van der Waals surface area contributed by atoms with Gasteiger partial charge >= 0.3 is 5.97 Å². The third-order valence-corrected chi connectivity index (χ3v) is 14.8. The van der Waals surface area contributed by atoms with Crippen LogP contribution in [0.4, 0.5) is 0 Å². The molecule has 0 heterocycles. The van der Waals surface area contributed by atoms with E-state index in [0.29, 0.717) is 17.4 Å². The van der Waals surface area contributed by atoms with E-state index in [0.717, 1.165) is 77.0 Å². The highest BCUT2D eigenvalue weighted by atomic mass is 31.2. The van der Waals surface area contributed by atoms with Crippen LogP contribution in [0.3, 0.4) is 0 Å². The molecule has 1 amide bonds. The second-order valence-electron chi connectivity index (χ2n) is 22.6. The number of likely N-dealkylation sites (N-methyl/N-ethyl adjacent to an activating group) is 1. The van der Waals surface area contributed by atoms with Crippen LogP contribution in [-0.4, -0.2) is 69.4 Å². The van der Waals surface area contributed by atoms with Gasteiger partial charge < -0.3 is 28.5 Å². The highest BCUT2D eigenvalue weighted by molar-refractivity contribution is 7.45. The molecule has 0 spiro atoms. The number of hydrogen-bond acceptors (Lipinski definition) is 7. The summed E-state index contributed by atoms with van der Waals surface area (Å²) in [6, 6.07) is -0.908. The Morgan fingerprint density at radius 3 is 1.25 bits per heavy atom. The van der Waals surface area contributed by atoms with Crippen molar-refractivity contribution in [2.24, 2.45) is 0 Å². The summed E-state index contributed by atoms with van der Waals surface area (Å²) in [7, 11) is 1.16. The van der Waals surface area contributed by atoms with Gasteiger partial charge in [0.2, 0.25) is 5.91 Å². The Labute approximate surface area is 470 Å². The molecule has 1 N–H and O–H groups in total. The van der Waals surface area contributed by atoms with Crippen LogP contribution in [0.5, 0.6) is 0 Å². The molecule has 0 fully saturated rings. The standard InChI is InChI=1S/C66H121N2O7P/c1-7-10-13-16-19-22-25-28-30-32-34-36-38-40-43-46-49-52-55-58-65(69)67-63(62-74-76(71,72)73-61-60-68(4,5)6)64(57-54-51-48-45-42-27-24-21-18-15-12-9-3)75-66(70)59-56-53-50-47-44-41-39-37-35-33-31-29-26-23-20-17-14-11-8-2/h19,22,28-31,34,36,40,43,54,57,63-64H,7-18,20-21,23-27,32-33,35,37-39,41-42,44-53,55-56,58-62H2,1-6H3,(H-,67,69,71,72)/b22-19-,30-28-,31-29+,36-34-,43-40-,57-54+. The fourth-order valence-corrected chi connectivity index (χ4v) is 9.63. The van der Waals surface area contributed by atoms with Gasteiger partial charge in [-0.2, -0.15) is 0 Å². The Balaban J connectivity index is 5.30. The zero-order valence-electron chi connectivity index (χ0n) is 50.4. The SMILES string of the molecule is CCCCC/C=C\C/C=C\C/C=C\C/C=C\CCCCCC(=O)NC(COP(=O)([O-])OCC[N+](C)(C)C)C(/C=C/CCCCCCCCCCCC)OC(=O)CCCCCCCCCCC/C=C/CCCCCCCC. The third kappa shape index (κ3) is 56.2. The molecule has 0 saturated carbocycles.